The lowest BCUT2D eigenvalue weighted by Crippen LogP contribution is -2.01. The molecular formula is C15H21BrN4O. The molecule has 2 heterocycles. The maximum absolute atomic E-state index is 5.49. The van der Waals surface area contributed by atoms with E-state index in [0.717, 1.165) is 17.9 Å². The van der Waals surface area contributed by atoms with E-state index in [1.54, 1.807) is 0 Å². The smallest absolute Gasteiger partial charge is 0.189 e. The first-order valence-electron chi connectivity index (χ1n) is 7.18. The number of rotatable bonds is 7. The number of aromatic nitrogens is 3. The number of hydrogen-bond donors (Lipinski definition) is 1. The Bertz CT molecular complexity index is 636. The molecule has 5 nitrogen and oxygen atoms in total. The Labute approximate surface area is 133 Å². The number of nitrogens with one attached hydrogen (secondary N) is 1. The van der Waals surface area contributed by atoms with Gasteiger partial charge in [0, 0.05) is 7.05 Å². The molecule has 114 valence electrons. The molecule has 0 aliphatic rings. The van der Waals surface area contributed by atoms with E-state index in [1.807, 2.05) is 24.6 Å². The normalized spacial score (nSPS) is 11.9. The van der Waals surface area contributed by atoms with Gasteiger partial charge in [-0.25, -0.2) is 4.98 Å². The van der Waals surface area contributed by atoms with E-state index in [1.165, 1.54) is 18.4 Å². The van der Waals surface area contributed by atoms with E-state index < -0.39 is 0 Å². The molecule has 0 unspecified atom stereocenters. The van der Waals surface area contributed by atoms with Crippen molar-refractivity contribution in [3.8, 4) is 0 Å². The molecule has 0 radical (unpaired) electrons. The number of nitrogens with zero attached hydrogens (tertiary/aromatic N) is 3. The number of allylic oxidation sites excluding steroid dienone is 1. The molecule has 0 saturated carbocycles. The first kappa shape index (κ1) is 15.8. The Hall–Kier alpha value is -1.56. The highest BCUT2D eigenvalue weighted by atomic mass is 79.9. The zero-order valence-corrected chi connectivity index (χ0v) is 14.3. The van der Waals surface area contributed by atoms with Gasteiger partial charge in [0.25, 0.3) is 0 Å². The van der Waals surface area contributed by atoms with Gasteiger partial charge in [0.1, 0.15) is 5.82 Å². The number of aryl methyl sites for hydroxylation is 1. The van der Waals surface area contributed by atoms with Crippen LogP contribution in [0, 0.1) is 0 Å². The zero-order chi connectivity index (χ0) is 15.2. The van der Waals surface area contributed by atoms with Gasteiger partial charge in [0.05, 0.1) is 0 Å². The average molecular weight is 353 g/mol. The molecule has 0 spiro atoms. The van der Waals surface area contributed by atoms with Crippen LogP contribution in [-0.2, 0) is 17.8 Å². The molecular weight excluding hydrogens is 332 g/mol. The third-order valence-electron chi connectivity index (χ3n) is 3.18. The van der Waals surface area contributed by atoms with E-state index in [9.17, 15) is 0 Å². The number of pyridine rings is 1. The molecule has 21 heavy (non-hydrogen) atoms. The fourth-order valence-corrected chi connectivity index (χ4v) is 2.18. The minimum absolute atomic E-state index is 0.347. The highest BCUT2D eigenvalue weighted by molar-refractivity contribution is 9.11. The highest BCUT2D eigenvalue weighted by Crippen LogP contribution is 2.17. The van der Waals surface area contributed by atoms with Crippen molar-refractivity contribution < 1.29 is 4.74 Å². The summed E-state index contributed by atoms with van der Waals surface area (Å²) < 4.78 is 8.00. The molecule has 0 aliphatic heterocycles. The Kier molecular flexibility index (Phi) is 5.61. The lowest BCUT2D eigenvalue weighted by Gasteiger charge is -2.06. The van der Waals surface area contributed by atoms with Crippen LogP contribution in [0.1, 0.15) is 38.1 Å². The maximum atomic E-state index is 5.49. The van der Waals surface area contributed by atoms with Crippen LogP contribution in [0.5, 0.6) is 0 Å². The van der Waals surface area contributed by atoms with Crippen LogP contribution in [0.2, 0.25) is 0 Å². The minimum Gasteiger partial charge on any atom is -0.479 e. The minimum atomic E-state index is 0.347. The Morgan fingerprint density at radius 1 is 1.48 bits per heavy atom. The van der Waals surface area contributed by atoms with E-state index in [-0.39, 0.29) is 0 Å². The van der Waals surface area contributed by atoms with Crippen LogP contribution in [0.15, 0.2) is 22.9 Å². The number of fused-ring (bicyclic) bond motifs is 1. The van der Waals surface area contributed by atoms with Crippen LogP contribution in [0.25, 0.3) is 5.65 Å². The monoisotopic (exact) mass is 352 g/mol. The van der Waals surface area contributed by atoms with E-state index >= 15 is 0 Å². The topological polar surface area (TPSA) is 51.5 Å². The zero-order valence-electron chi connectivity index (χ0n) is 12.7. The molecule has 0 amide bonds. The van der Waals surface area contributed by atoms with Crippen LogP contribution in [-0.4, -0.2) is 21.6 Å². The van der Waals surface area contributed by atoms with Crippen molar-refractivity contribution in [3.05, 3.63) is 34.3 Å². The maximum Gasteiger partial charge on any atom is 0.189 e. The number of anilines is 1. The van der Waals surface area contributed by atoms with Gasteiger partial charge in [0.2, 0.25) is 0 Å². The second-order valence-corrected chi connectivity index (χ2v) is 5.56. The van der Waals surface area contributed by atoms with Crippen LogP contribution < -0.4 is 5.32 Å². The van der Waals surface area contributed by atoms with E-state index in [2.05, 4.69) is 50.4 Å². The first-order chi connectivity index (χ1) is 10.2. The van der Waals surface area contributed by atoms with Crippen molar-refractivity contribution in [1.29, 1.82) is 0 Å². The van der Waals surface area contributed by atoms with Crippen molar-refractivity contribution in [2.24, 2.45) is 0 Å². The molecule has 0 atom stereocenters. The summed E-state index contributed by atoms with van der Waals surface area (Å²) in [6, 6.07) is 4.22. The molecule has 1 N–H and O–H groups in total. The highest BCUT2D eigenvalue weighted by Gasteiger charge is 2.09. The molecule has 2 rings (SSSR count). The van der Waals surface area contributed by atoms with Crippen LogP contribution >= 0.6 is 15.9 Å². The second-order valence-electron chi connectivity index (χ2n) is 4.78. The van der Waals surface area contributed by atoms with Gasteiger partial charge >= 0.3 is 0 Å². The lowest BCUT2D eigenvalue weighted by molar-refractivity contribution is 0.219. The summed E-state index contributed by atoms with van der Waals surface area (Å²) in [5.41, 5.74) is 2.13. The molecule has 2 aromatic rings. The quantitative estimate of drug-likeness (QED) is 0.768. The summed E-state index contributed by atoms with van der Waals surface area (Å²) >= 11 is 3.31. The van der Waals surface area contributed by atoms with Crippen molar-refractivity contribution >= 4 is 27.4 Å². The van der Waals surface area contributed by atoms with Gasteiger partial charge in [-0.3, -0.25) is 0 Å². The molecule has 0 aromatic carbocycles. The third kappa shape index (κ3) is 3.97. The van der Waals surface area contributed by atoms with Gasteiger partial charge in [-0.1, -0.05) is 13.3 Å². The summed E-state index contributed by atoms with van der Waals surface area (Å²) in [6.45, 7) is 4.45. The van der Waals surface area contributed by atoms with Gasteiger partial charge in [-0.05, 0) is 59.5 Å². The molecule has 6 heteroatoms. The first-order valence-corrected chi connectivity index (χ1v) is 7.98. The van der Waals surface area contributed by atoms with E-state index in [4.69, 9.17) is 4.74 Å². The number of hydrogen-bond acceptors (Lipinski definition) is 4. The number of unbranched alkanes of at least 4 members (excludes halogenated alkanes) is 1. The largest absolute Gasteiger partial charge is 0.479 e. The number of halogens is 1. The fourth-order valence-electron chi connectivity index (χ4n) is 2.06. The van der Waals surface area contributed by atoms with Crippen LogP contribution in [0.4, 0.5) is 5.82 Å². The fraction of sp³-hybridized carbons (Fsp3) is 0.467. The Morgan fingerprint density at radius 2 is 2.29 bits per heavy atom. The van der Waals surface area contributed by atoms with E-state index in [0.29, 0.717) is 17.1 Å². The standard InChI is InChI=1S/C15H21BrN4O/c1-4-6-7-11-8-14(17-3)20-15(9-11)18-13(19-20)10-21-12(16)5-2/h5,8-9,17H,4,6-7,10H2,1-3H3/b12-5-. The second kappa shape index (κ2) is 7.45. The molecule has 0 bridgehead atoms. The summed E-state index contributed by atoms with van der Waals surface area (Å²) in [5.74, 6) is 1.61. The summed E-state index contributed by atoms with van der Waals surface area (Å²) in [5, 5.41) is 7.66. The average Bonchev–Trinajstić information content (AvgIpc) is 2.92. The Morgan fingerprint density at radius 3 is 2.95 bits per heavy atom. The molecule has 0 aliphatic carbocycles. The van der Waals surface area contributed by atoms with Gasteiger partial charge < -0.3 is 10.1 Å². The van der Waals surface area contributed by atoms with Gasteiger partial charge in [0.15, 0.2) is 22.7 Å². The van der Waals surface area contributed by atoms with Crippen molar-refractivity contribution in [2.75, 3.05) is 12.4 Å². The predicted molar refractivity (Wildman–Crippen MR) is 88.6 cm³/mol. The predicted octanol–water partition coefficient (Wildman–Crippen LogP) is 3.89. The van der Waals surface area contributed by atoms with Gasteiger partial charge in [-0.15, -0.1) is 5.10 Å². The Balaban J connectivity index is 2.27. The summed E-state index contributed by atoms with van der Waals surface area (Å²) in [4.78, 5) is 4.54. The molecule has 0 saturated heterocycles. The van der Waals surface area contributed by atoms with Crippen molar-refractivity contribution in [3.63, 3.8) is 0 Å². The summed E-state index contributed by atoms with van der Waals surface area (Å²) in [6.07, 6.45) is 5.27. The van der Waals surface area contributed by atoms with Crippen molar-refractivity contribution in [1.82, 2.24) is 14.6 Å². The van der Waals surface area contributed by atoms with Gasteiger partial charge in [-0.2, -0.15) is 4.52 Å². The summed E-state index contributed by atoms with van der Waals surface area (Å²) in [7, 11) is 1.90. The SMILES string of the molecule is C/C=C(/Br)OCc1nc2cc(CCCC)cc(NC)n2n1. The van der Waals surface area contributed by atoms with Crippen molar-refractivity contribution in [2.45, 2.75) is 39.7 Å². The third-order valence-corrected chi connectivity index (χ3v) is 3.87. The number of ether oxygens (including phenoxy) is 1. The molecule has 0 fully saturated rings. The molecule has 2 aromatic heterocycles. The lowest BCUT2D eigenvalue weighted by atomic mass is 10.1. The van der Waals surface area contributed by atoms with Crippen LogP contribution in [0.3, 0.4) is 0 Å².